The topological polar surface area (TPSA) is 17.1 Å². The standard InChI is InChI=1S/C13H20O/c1-3-4-5-12(14)13-9(2)10-6-7-11(13)8-10/h10-11,13H,2-8H2,1H3/t10-,11+,13?/m1/s1. The maximum atomic E-state index is 11.9. The fraction of sp³-hybridized carbons (Fsp3) is 0.769. The molecule has 78 valence electrons. The quantitative estimate of drug-likeness (QED) is 0.624. The van der Waals surface area contributed by atoms with E-state index in [1.54, 1.807) is 0 Å². The summed E-state index contributed by atoms with van der Waals surface area (Å²) in [6.45, 7) is 6.27. The zero-order chi connectivity index (χ0) is 10.1. The van der Waals surface area contributed by atoms with Crippen LogP contribution in [0.2, 0.25) is 0 Å². The monoisotopic (exact) mass is 192 g/mol. The molecule has 2 saturated carbocycles. The number of hydrogen-bond acceptors (Lipinski definition) is 1. The molecule has 3 atom stereocenters. The summed E-state index contributed by atoms with van der Waals surface area (Å²) >= 11 is 0. The highest BCUT2D eigenvalue weighted by Gasteiger charge is 2.45. The molecular weight excluding hydrogens is 172 g/mol. The van der Waals surface area contributed by atoms with Crippen LogP contribution in [0.4, 0.5) is 0 Å². The SMILES string of the molecule is C=C1C(C(=O)CCCC)[C@H]2CC[C@@H]1C2. The van der Waals surface area contributed by atoms with Gasteiger partial charge >= 0.3 is 0 Å². The first kappa shape index (κ1) is 9.95. The van der Waals surface area contributed by atoms with E-state index in [0.29, 0.717) is 17.6 Å². The lowest BCUT2D eigenvalue weighted by molar-refractivity contribution is -0.123. The molecule has 0 spiro atoms. The Balaban J connectivity index is 1.97. The van der Waals surface area contributed by atoms with E-state index in [1.165, 1.54) is 24.8 Å². The van der Waals surface area contributed by atoms with Crippen LogP contribution in [0, 0.1) is 17.8 Å². The number of unbranched alkanes of at least 4 members (excludes halogenated alkanes) is 1. The smallest absolute Gasteiger partial charge is 0.140 e. The van der Waals surface area contributed by atoms with E-state index < -0.39 is 0 Å². The molecule has 0 saturated heterocycles. The number of fused-ring (bicyclic) bond motifs is 2. The molecule has 2 aliphatic rings. The maximum absolute atomic E-state index is 11.9. The summed E-state index contributed by atoms with van der Waals surface area (Å²) in [4.78, 5) is 11.9. The van der Waals surface area contributed by atoms with Gasteiger partial charge in [0.2, 0.25) is 0 Å². The number of allylic oxidation sites excluding steroid dienone is 1. The fourth-order valence-corrected chi connectivity index (χ4v) is 3.19. The van der Waals surface area contributed by atoms with Crippen molar-refractivity contribution >= 4 is 5.78 Å². The second-order valence-corrected chi connectivity index (χ2v) is 4.89. The normalized spacial score (nSPS) is 35.2. The number of hydrogen-bond donors (Lipinski definition) is 0. The van der Waals surface area contributed by atoms with Crippen molar-refractivity contribution in [3.63, 3.8) is 0 Å². The van der Waals surface area contributed by atoms with Gasteiger partial charge in [-0.25, -0.2) is 0 Å². The lowest BCUT2D eigenvalue weighted by Crippen LogP contribution is -2.22. The highest BCUT2D eigenvalue weighted by atomic mass is 16.1. The van der Waals surface area contributed by atoms with Crippen molar-refractivity contribution in [2.75, 3.05) is 0 Å². The van der Waals surface area contributed by atoms with Gasteiger partial charge in [-0.3, -0.25) is 4.79 Å². The van der Waals surface area contributed by atoms with Crippen LogP contribution < -0.4 is 0 Å². The molecule has 1 heteroatoms. The Kier molecular flexibility index (Phi) is 2.76. The van der Waals surface area contributed by atoms with Gasteiger partial charge in [0.1, 0.15) is 5.78 Å². The molecule has 2 aliphatic carbocycles. The second-order valence-electron chi connectivity index (χ2n) is 4.89. The van der Waals surface area contributed by atoms with E-state index in [4.69, 9.17) is 0 Å². The third kappa shape index (κ3) is 1.53. The van der Waals surface area contributed by atoms with Crippen LogP contribution in [0.5, 0.6) is 0 Å². The van der Waals surface area contributed by atoms with Crippen LogP contribution in [-0.2, 0) is 4.79 Å². The minimum absolute atomic E-state index is 0.250. The summed E-state index contributed by atoms with van der Waals surface area (Å²) in [6.07, 6.45) is 6.77. The summed E-state index contributed by atoms with van der Waals surface area (Å²) < 4.78 is 0. The minimum atomic E-state index is 0.250. The van der Waals surface area contributed by atoms with Gasteiger partial charge in [-0.15, -0.1) is 0 Å². The first-order chi connectivity index (χ1) is 6.74. The molecule has 0 radical (unpaired) electrons. The van der Waals surface area contributed by atoms with Crippen LogP contribution >= 0.6 is 0 Å². The highest BCUT2D eigenvalue weighted by molar-refractivity contribution is 5.84. The number of Topliss-reactive ketones (excluding diaryl/α,β-unsaturated/α-hetero) is 1. The van der Waals surface area contributed by atoms with E-state index in [1.807, 2.05) is 0 Å². The molecule has 0 aromatic rings. The lowest BCUT2D eigenvalue weighted by atomic mass is 9.81. The van der Waals surface area contributed by atoms with Crippen molar-refractivity contribution in [3.8, 4) is 0 Å². The Bertz CT molecular complexity index is 254. The Labute approximate surface area is 86.6 Å². The van der Waals surface area contributed by atoms with Gasteiger partial charge in [0.15, 0.2) is 0 Å². The van der Waals surface area contributed by atoms with Gasteiger partial charge in [0, 0.05) is 12.3 Å². The molecule has 2 bridgehead atoms. The first-order valence-electron chi connectivity index (χ1n) is 5.95. The Morgan fingerprint density at radius 3 is 2.86 bits per heavy atom. The average Bonchev–Trinajstić information content (AvgIpc) is 2.74. The molecule has 0 heterocycles. The molecule has 14 heavy (non-hydrogen) atoms. The third-order valence-corrected chi connectivity index (χ3v) is 3.99. The van der Waals surface area contributed by atoms with E-state index in [2.05, 4.69) is 13.5 Å². The number of carbonyl (C=O) groups is 1. The molecule has 2 fully saturated rings. The number of rotatable bonds is 4. The van der Waals surface area contributed by atoms with Crippen LogP contribution in [0.1, 0.15) is 45.4 Å². The average molecular weight is 192 g/mol. The van der Waals surface area contributed by atoms with Crippen molar-refractivity contribution < 1.29 is 4.79 Å². The minimum Gasteiger partial charge on any atom is -0.299 e. The molecular formula is C13H20O. The van der Waals surface area contributed by atoms with E-state index in [0.717, 1.165) is 19.3 Å². The molecule has 0 aromatic carbocycles. The molecule has 1 unspecified atom stereocenters. The van der Waals surface area contributed by atoms with Gasteiger partial charge in [0.05, 0.1) is 0 Å². The Hall–Kier alpha value is -0.590. The fourth-order valence-electron chi connectivity index (χ4n) is 3.19. The highest BCUT2D eigenvalue weighted by Crippen LogP contribution is 2.51. The molecule has 0 aliphatic heterocycles. The first-order valence-corrected chi connectivity index (χ1v) is 5.95. The summed E-state index contributed by atoms with van der Waals surface area (Å²) in [6, 6.07) is 0. The van der Waals surface area contributed by atoms with Crippen molar-refractivity contribution in [1.82, 2.24) is 0 Å². The molecule has 2 rings (SSSR count). The van der Waals surface area contributed by atoms with Crippen molar-refractivity contribution in [1.29, 1.82) is 0 Å². The second kappa shape index (κ2) is 3.88. The van der Waals surface area contributed by atoms with Crippen molar-refractivity contribution in [2.24, 2.45) is 17.8 Å². The van der Waals surface area contributed by atoms with Gasteiger partial charge < -0.3 is 0 Å². The van der Waals surface area contributed by atoms with Crippen molar-refractivity contribution in [3.05, 3.63) is 12.2 Å². The zero-order valence-corrected chi connectivity index (χ0v) is 9.09. The van der Waals surface area contributed by atoms with E-state index >= 15 is 0 Å². The Morgan fingerprint density at radius 2 is 2.29 bits per heavy atom. The maximum Gasteiger partial charge on any atom is 0.140 e. The third-order valence-electron chi connectivity index (χ3n) is 3.99. The lowest BCUT2D eigenvalue weighted by Gasteiger charge is -2.22. The summed E-state index contributed by atoms with van der Waals surface area (Å²) in [5.74, 6) is 2.08. The van der Waals surface area contributed by atoms with Crippen LogP contribution in [0.3, 0.4) is 0 Å². The van der Waals surface area contributed by atoms with Crippen LogP contribution in [-0.4, -0.2) is 5.78 Å². The summed E-state index contributed by atoms with van der Waals surface area (Å²) in [7, 11) is 0. The zero-order valence-electron chi connectivity index (χ0n) is 9.09. The number of ketones is 1. The number of carbonyl (C=O) groups excluding carboxylic acids is 1. The summed E-state index contributed by atoms with van der Waals surface area (Å²) in [5, 5.41) is 0. The van der Waals surface area contributed by atoms with E-state index in [-0.39, 0.29) is 5.92 Å². The van der Waals surface area contributed by atoms with E-state index in [9.17, 15) is 4.79 Å². The van der Waals surface area contributed by atoms with Gasteiger partial charge in [-0.1, -0.05) is 25.5 Å². The van der Waals surface area contributed by atoms with Gasteiger partial charge in [-0.2, -0.15) is 0 Å². The predicted molar refractivity (Wildman–Crippen MR) is 58.0 cm³/mol. The van der Waals surface area contributed by atoms with Crippen LogP contribution in [0.25, 0.3) is 0 Å². The summed E-state index contributed by atoms with van der Waals surface area (Å²) in [5.41, 5.74) is 1.27. The Morgan fingerprint density at radius 1 is 1.50 bits per heavy atom. The van der Waals surface area contributed by atoms with Crippen molar-refractivity contribution in [2.45, 2.75) is 45.4 Å². The van der Waals surface area contributed by atoms with Gasteiger partial charge in [-0.05, 0) is 37.5 Å². The molecule has 0 aromatic heterocycles. The predicted octanol–water partition coefficient (Wildman–Crippen LogP) is 3.35. The van der Waals surface area contributed by atoms with Crippen LogP contribution in [0.15, 0.2) is 12.2 Å². The molecule has 0 N–H and O–H groups in total. The molecule has 1 nitrogen and oxygen atoms in total. The largest absolute Gasteiger partial charge is 0.299 e. The van der Waals surface area contributed by atoms with Gasteiger partial charge in [0.25, 0.3) is 0 Å². The molecule has 0 amide bonds.